The number of fused-ring (bicyclic) bond motifs is 8. The quantitative estimate of drug-likeness (QED) is 0.163. The zero-order valence-corrected chi connectivity index (χ0v) is 39.9. The molecule has 346 valence electrons. The molecular formula is C65H44N6O2. The van der Waals surface area contributed by atoms with Crippen LogP contribution in [0.3, 0.4) is 0 Å². The summed E-state index contributed by atoms with van der Waals surface area (Å²) in [5, 5.41) is 6.46. The Kier molecular flexibility index (Phi) is 9.79. The van der Waals surface area contributed by atoms with Crippen LogP contribution in [0, 0.1) is 0 Å². The SMILES string of the molecule is C/C=c1/cccc/c1=C(/C)N1c2ccccc2N(c2ccc(-c3nc(-c4ccccc4)nc(-c4ccc5oc6ccccc6c5c4)n3)c3ccccc23)c2ccc(N3c4ccccc4Oc4ccccc43)cc21. The van der Waals surface area contributed by atoms with Crippen molar-refractivity contribution in [3.05, 3.63) is 235 Å². The lowest BCUT2D eigenvalue weighted by atomic mass is 9.98. The average Bonchev–Trinajstić information content (AvgIpc) is 3.85. The van der Waals surface area contributed by atoms with Crippen LogP contribution in [-0.4, -0.2) is 15.0 Å². The lowest BCUT2D eigenvalue weighted by Gasteiger charge is -2.42. The Morgan fingerprint density at radius 1 is 0.411 bits per heavy atom. The first-order valence-corrected chi connectivity index (χ1v) is 24.5. The Morgan fingerprint density at radius 2 is 1.00 bits per heavy atom. The maximum atomic E-state index is 6.49. The maximum Gasteiger partial charge on any atom is 0.164 e. The molecule has 0 fully saturated rings. The zero-order chi connectivity index (χ0) is 48.6. The molecule has 0 bridgehead atoms. The van der Waals surface area contributed by atoms with Crippen molar-refractivity contribution in [1.82, 2.24) is 15.0 Å². The van der Waals surface area contributed by atoms with Crippen LogP contribution < -0.4 is 29.9 Å². The summed E-state index contributed by atoms with van der Waals surface area (Å²) in [7, 11) is 0. The van der Waals surface area contributed by atoms with Crippen LogP contribution in [0.1, 0.15) is 13.8 Å². The summed E-state index contributed by atoms with van der Waals surface area (Å²) >= 11 is 0. The van der Waals surface area contributed by atoms with Gasteiger partial charge in [0, 0.05) is 49.5 Å². The fourth-order valence-corrected chi connectivity index (χ4v) is 10.8. The third-order valence-electron chi connectivity index (χ3n) is 14.2. The van der Waals surface area contributed by atoms with Gasteiger partial charge in [-0.05, 0) is 115 Å². The van der Waals surface area contributed by atoms with E-state index in [0.717, 1.165) is 117 Å². The van der Waals surface area contributed by atoms with Crippen LogP contribution in [0.25, 0.3) is 78.6 Å². The van der Waals surface area contributed by atoms with Crippen LogP contribution in [0.15, 0.2) is 229 Å². The largest absolute Gasteiger partial charge is 0.456 e. The average molecular weight is 941 g/mol. The molecule has 2 aliphatic heterocycles. The van der Waals surface area contributed by atoms with Crippen molar-refractivity contribution in [3.8, 4) is 45.7 Å². The minimum absolute atomic E-state index is 0.582. The summed E-state index contributed by atoms with van der Waals surface area (Å²) in [4.78, 5) is 22.8. The van der Waals surface area contributed by atoms with Gasteiger partial charge in [-0.3, -0.25) is 0 Å². The molecule has 8 heteroatoms. The van der Waals surface area contributed by atoms with Gasteiger partial charge < -0.3 is 23.9 Å². The first-order chi connectivity index (χ1) is 36.1. The molecule has 0 saturated carbocycles. The molecule has 0 aliphatic carbocycles. The molecule has 12 aromatic rings. The summed E-state index contributed by atoms with van der Waals surface area (Å²) in [6, 6.07) is 78.1. The highest BCUT2D eigenvalue weighted by molar-refractivity contribution is 6.11. The van der Waals surface area contributed by atoms with Crippen molar-refractivity contribution in [2.24, 2.45) is 0 Å². The number of anilines is 8. The smallest absolute Gasteiger partial charge is 0.164 e. The summed E-state index contributed by atoms with van der Waals surface area (Å²) in [5.74, 6) is 3.37. The van der Waals surface area contributed by atoms with Gasteiger partial charge in [0.15, 0.2) is 29.0 Å². The molecule has 14 rings (SSSR count). The van der Waals surface area contributed by atoms with Gasteiger partial charge in [-0.25, -0.2) is 15.0 Å². The Morgan fingerprint density at radius 3 is 1.78 bits per heavy atom. The van der Waals surface area contributed by atoms with E-state index in [2.05, 4.69) is 174 Å². The maximum absolute atomic E-state index is 6.49. The predicted molar refractivity (Wildman–Crippen MR) is 297 cm³/mol. The Balaban J connectivity index is 0.980. The van der Waals surface area contributed by atoms with Gasteiger partial charge in [0.2, 0.25) is 0 Å². The summed E-state index contributed by atoms with van der Waals surface area (Å²) < 4.78 is 12.7. The number of hydrogen-bond acceptors (Lipinski definition) is 8. The number of rotatable bonds is 6. The topological polar surface area (TPSA) is 70.8 Å². The van der Waals surface area contributed by atoms with E-state index in [1.165, 1.54) is 5.22 Å². The van der Waals surface area contributed by atoms with Crippen molar-refractivity contribution in [1.29, 1.82) is 0 Å². The second-order valence-electron chi connectivity index (χ2n) is 18.3. The van der Waals surface area contributed by atoms with Gasteiger partial charge >= 0.3 is 0 Å². The van der Waals surface area contributed by atoms with Gasteiger partial charge in [0.25, 0.3) is 0 Å². The van der Waals surface area contributed by atoms with Gasteiger partial charge in [0.05, 0.1) is 39.8 Å². The second kappa shape index (κ2) is 17.0. The van der Waals surface area contributed by atoms with Crippen LogP contribution in [0.4, 0.5) is 45.5 Å². The molecule has 2 aliphatic rings. The molecule has 4 heterocycles. The molecule has 73 heavy (non-hydrogen) atoms. The van der Waals surface area contributed by atoms with Crippen LogP contribution in [-0.2, 0) is 0 Å². The first kappa shape index (κ1) is 42.1. The molecule has 0 spiro atoms. The zero-order valence-electron chi connectivity index (χ0n) is 39.9. The van der Waals surface area contributed by atoms with E-state index in [9.17, 15) is 0 Å². The minimum Gasteiger partial charge on any atom is -0.456 e. The minimum atomic E-state index is 0.582. The van der Waals surface area contributed by atoms with E-state index < -0.39 is 0 Å². The highest BCUT2D eigenvalue weighted by Crippen LogP contribution is 2.57. The van der Waals surface area contributed by atoms with Crippen molar-refractivity contribution in [3.63, 3.8) is 0 Å². The van der Waals surface area contributed by atoms with Crippen molar-refractivity contribution < 1.29 is 9.15 Å². The number of para-hydroxylation sites is 7. The third kappa shape index (κ3) is 6.87. The van der Waals surface area contributed by atoms with E-state index in [4.69, 9.17) is 24.1 Å². The van der Waals surface area contributed by atoms with E-state index in [0.29, 0.717) is 17.5 Å². The summed E-state index contributed by atoms with van der Waals surface area (Å²) in [6.45, 7) is 4.34. The van der Waals surface area contributed by atoms with Crippen LogP contribution in [0.5, 0.6) is 11.5 Å². The summed E-state index contributed by atoms with van der Waals surface area (Å²) in [5.41, 5.74) is 13.6. The number of ether oxygens (including phenoxy) is 1. The fourth-order valence-electron chi connectivity index (χ4n) is 10.8. The Hall–Kier alpha value is -9.79. The Labute approximate surface area is 421 Å². The molecule has 0 saturated heterocycles. The standard InChI is InChI=1S/C65H44N6O2/c1-3-42-19-7-8-22-46(42)41(2)69-53-26-12-13-27-54(53)71(55-36-34-45(40-58(55)69)70-56-28-14-17-31-61(56)73-62-32-18-15-29-57(62)70)52-37-35-50(47-23-9-10-24-48(47)52)65-67-63(43-20-5-4-6-21-43)66-64(68-65)44-33-38-60-51(39-44)49-25-11-16-30-59(49)72-60/h3-40H,1-2H3/b42-3-,46-41+. The molecule has 10 aromatic carbocycles. The summed E-state index contributed by atoms with van der Waals surface area (Å²) in [6.07, 6.45) is 2.19. The highest BCUT2D eigenvalue weighted by Gasteiger charge is 2.34. The normalized spacial score (nSPS) is 13.4. The molecule has 0 amide bonds. The number of nitrogens with zero attached hydrogens (tertiary/aromatic N) is 6. The Bertz CT molecular complexity index is 4270. The van der Waals surface area contributed by atoms with Gasteiger partial charge in [-0.2, -0.15) is 0 Å². The molecule has 0 unspecified atom stereocenters. The molecule has 0 N–H and O–H groups in total. The van der Waals surface area contributed by atoms with Gasteiger partial charge in [0.1, 0.15) is 11.2 Å². The lowest BCUT2D eigenvalue weighted by Crippen LogP contribution is -2.34. The van der Waals surface area contributed by atoms with Crippen molar-refractivity contribution >= 4 is 90.0 Å². The van der Waals surface area contributed by atoms with Crippen LogP contribution >= 0.6 is 0 Å². The first-order valence-electron chi connectivity index (χ1n) is 24.5. The monoisotopic (exact) mass is 940 g/mol. The molecule has 2 aromatic heterocycles. The highest BCUT2D eigenvalue weighted by atomic mass is 16.5. The van der Waals surface area contributed by atoms with E-state index in [-0.39, 0.29) is 0 Å². The molecule has 8 nitrogen and oxygen atoms in total. The van der Waals surface area contributed by atoms with Crippen molar-refractivity contribution in [2.75, 3.05) is 14.7 Å². The molecular weight excluding hydrogens is 897 g/mol. The second-order valence-corrected chi connectivity index (χ2v) is 18.3. The molecule has 0 atom stereocenters. The number of benzene rings is 10. The van der Waals surface area contributed by atoms with Gasteiger partial charge in [-0.1, -0.05) is 140 Å². The third-order valence-corrected chi connectivity index (χ3v) is 14.2. The van der Waals surface area contributed by atoms with Crippen LogP contribution in [0.2, 0.25) is 0 Å². The lowest BCUT2D eigenvalue weighted by molar-refractivity contribution is 0.477. The predicted octanol–water partition coefficient (Wildman–Crippen LogP) is 16.1. The number of aromatic nitrogens is 3. The van der Waals surface area contributed by atoms with E-state index in [1.54, 1.807) is 0 Å². The van der Waals surface area contributed by atoms with E-state index in [1.807, 2.05) is 84.9 Å². The van der Waals surface area contributed by atoms with Gasteiger partial charge in [-0.15, -0.1) is 0 Å². The number of furan rings is 1. The van der Waals surface area contributed by atoms with E-state index >= 15 is 0 Å². The fraction of sp³-hybridized carbons (Fsp3) is 0.0308. The number of hydrogen-bond donors (Lipinski definition) is 0. The molecule has 0 radical (unpaired) electrons. The van der Waals surface area contributed by atoms with Crippen molar-refractivity contribution in [2.45, 2.75) is 13.8 Å².